The fraction of sp³-hybridized carbons (Fsp3) is 0.533. The van der Waals surface area contributed by atoms with E-state index < -0.39 is 0 Å². The third-order valence-corrected chi connectivity index (χ3v) is 3.67. The summed E-state index contributed by atoms with van der Waals surface area (Å²) in [5.41, 5.74) is 6.03. The Kier molecular flexibility index (Phi) is 5.85. The standard InChI is InChI=1S/C15H22ClN3O2/c1-11-10-19(7-6-18-11)15(20)13-4-3-12(16)9-14(13)21-8-2-5-17/h3-4,9,11,18H,2,5-8,10,17H2,1H3/t11-/m1/s1. The van der Waals surface area contributed by atoms with Crippen LogP contribution in [0.2, 0.25) is 5.02 Å². The number of hydrogen-bond donors (Lipinski definition) is 2. The molecule has 1 heterocycles. The van der Waals surface area contributed by atoms with Crippen molar-refractivity contribution in [3.63, 3.8) is 0 Å². The molecule has 2 rings (SSSR count). The zero-order chi connectivity index (χ0) is 15.2. The fourth-order valence-corrected chi connectivity index (χ4v) is 2.51. The lowest BCUT2D eigenvalue weighted by molar-refractivity contribution is 0.0704. The topological polar surface area (TPSA) is 67.6 Å². The van der Waals surface area contributed by atoms with Crippen LogP contribution in [0.1, 0.15) is 23.7 Å². The van der Waals surface area contributed by atoms with Crippen LogP contribution in [0.5, 0.6) is 5.75 Å². The summed E-state index contributed by atoms with van der Waals surface area (Å²) in [5.74, 6) is 0.523. The molecule has 0 spiro atoms. The minimum Gasteiger partial charge on any atom is -0.493 e. The first-order valence-corrected chi connectivity index (χ1v) is 7.64. The minimum atomic E-state index is -0.0113. The Morgan fingerprint density at radius 2 is 2.38 bits per heavy atom. The monoisotopic (exact) mass is 311 g/mol. The number of ether oxygens (including phenoxy) is 1. The van der Waals surface area contributed by atoms with Gasteiger partial charge in [-0.05, 0) is 38.1 Å². The van der Waals surface area contributed by atoms with E-state index in [1.165, 1.54) is 0 Å². The molecule has 1 amide bonds. The van der Waals surface area contributed by atoms with Crippen molar-refractivity contribution in [3.8, 4) is 5.75 Å². The predicted octanol–water partition coefficient (Wildman–Crippen LogP) is 1.50. The van der Waals surface area contributed by atoms with Gasteiger partial charge in [0.05, 0.1) is 12.2 Å². The number of piperazine rings is 1. The molecule has 1 saturated heterocycles. The quantitative estimate of drug-likeness (QED) is 0.809. The van der Waals surface area contributed by atoms with E-state index in [1.54, 1.807) is 18.2 Å². The van der Waals surface area contributed by atoms with E-state index in [0.717, 1.165) is 13.0 Å². The summed E-state index contributed by atoms with van der Waals surface area (Å²) in [7, 11) is 0. The second-order valence-corrected chi connectivity index (χ2v) is 5.67. The highest BCUT2D eigenvalue weighted by Crippen LogP contribution is 2.25. The van der Waals surface area contributed by atoms with Crippen molar-refractivity contribution >= 4 is 17.5 Å². The van der Waals surface area contributed by atoms with Crippen molar-refractivity contribution in [3.05, 3.63) is 28.8 Å². The largest absolute Gasteiger partial charge is 0.493 e. The Morgan fingerprint density at radius 3 is 3.10 bits per heavy atom. The molecule has 6 heteroatoms. The first-order valence-electron chi connectivity index (χ1n) is 7.27. The van der Waals surface area contributed by atoms with Gasteiger partial charge < -0.3 is 20.7 Å². The summed E-state index contributed by atoms with van der Waals surface area (Å²) in [6.07, 6.45) is 0.741. The molecule has 1 aromatic rings. The molecule has 3 N–H and O–H groups in total. The van der Waals surface area contributed by atoms with Crippen LogP contribution in [0.15, 0.2) is 18.2 Å². The zero-order valence-corrected chi connectivity index (χ0v) is 13.0. The first-order chi connectivity index (χ1) is 10.1. The fourth-order valence-electron chi connectivity index (χ4n) is 2.34. The Balaban J connectivity index is 2.15. The number of nitrogens with zero attached hydrogens (tertiary/aromatic N) is 1. The van der Waals surface area contributed by atoms with Crippen LogP contribution in [0.3, 0.4) is 0 Å². The molecule has 0 aromatic heterocycles. The molecule has 1 aromatic carbocycles. The SMILES string of the molecule is C[C@@H]1CN(C(=O)c2ccc(Cl)cc2OCCCN)CCN1. The van der Waals surface area contributed by atoms with Crippen LogP contribution in [0.25, 0.3) is 0 Å². The second kappa shape index (κ2) is 7.64. The molecule has 0 bridgehead atoms. The number of nitrogens with two attached hydrogens (primary N) is 1. The molecular weight excluding hydrogens is 290 g/mol. The third-order valence-electron chi connectivity index (χ3n) is 3.44. The van der Waals surface area contributed by atoms with Gasteiger partial charge in [-0.2, -0.15) is 0 Å². The number of carbonyl (C=O) groups is 1. The smallest absolute Gasteiger partial charge is 0.257 e. The van der Waals surface area contributed by atoms with Gasteiger partial charge in [-0.1, -0.05) is 11.6 Å². The summed E-state index contributed by atoms with van der Waals surface area (Å²) in [4.78, 5) is 14.5. The maximum Gasteiger partial charge on any atom is 0.257 e. The second-order valence-electron chi connectivity index (χ2n) is 5.24. The number of halogens is 1. The number of amides is 1. The van der Waals surface area contributed by atoms with Crippen LogP contribution < -0.4 is 15.8 Å². The van der Waals surface area contributed by atoms with Gasteiger partial charge in [0.25, 0.3) is 5.91 Å². The van der Waals surface area contributed by atoms with Crippen LogP contribution >= 0.6 is 11.6 Å². The van der Waals surface area contributed by atoms with E-state index in [1.807, 2.05) is 4.90 Å². The Bertz CT molecular complexity index is 496. The summed E-state index contributed by atoms with van der Waals surface area (Å²) in [6.45, 7) is 5.32. The van der Waals surface area contributed by atoms with Gasteiger partial charge in [0.1, 0.15) is 5.75 Å². The molecule has 1 fully saturated rings. The third kappa shape index (κ3) is 4.33. The molecule has 116 valence electrons. The Labute approximate surface area is 130 Å². The summed E-state index contributed by atoms with van der Waals surface area (Å²) >= 11 is 6.00. The van der Waals surface area contributed by atoms with E-state index in [2.05, 4.69) is 12.2 Å². The molecule has 1 aliphatic rings. The molecular formula is C15H22ClN3O2. The molecule has 0 saturated carbocycles. The van der Waals surface area contributed by atoms with Gasteiger partial charge in [-0.3, -0.25) is 4.79 Å². The normalized spacial score (nSPS) is 18.6. The van der Waals surface area contributed by atoms with Gasteiger partial charge >= 0.3 is 0 Å². The average molecular weight is 312 g/mol. The highest BCUT2D eigenvalue weighted by Gasteiger charge is 2.24. The summed E-state index contributed by atoms with van der Waals surface area (Å²) in [5, 5.41) is 3.88. The van der Waals surface area contributed by atoms with Crippen molar-refractivity contribution in [1.82, 2.24) is 10.2 Å². The first kappa shape index (κ1) is 16.1. The number of hydrogen-bond acceptors (Lipinski definition) is 4. The maximum atomic E-state index is 12.7. The van der Waals surface area contributed by atoms with Gasteiger partial charge in [-0.25, -0.2) is 0 Å². The zero-order valence-electron chi connectivity index (χ0n) is 12.3. The van der Waals surface area contributed by atoms with Crippen LogP contribution in [-0.4, -0.2) is 49.6 Å². The molecule has 21 heavy (non-hydrogen) atoms. The van der Waals surface area contributed by atoms with E-state index in [4.69, 9.17) is 22.1 Å². The summed E-state index contributed by atoms with van der Waals surface area (Å²) in [6, 6.07) is 5.44. The highest BCUT2D eigenvalue weighted by atomic mass is 35.5. The van der Waals surface area contributed by atoms with Crippen molar-refractivity contribution in [1.29, 1.82) is 0 Å². The van der Waals surface area contributed by atoms with E-state index in [9.17, 15) is 4.79 Å². The number of benzene rings is 1. The number of rotatable bonds is 5. The van der Waals surface area contributed by atoms with Gasteiger partial charge in [0.15, 0.2) is 0 Å². The number of carbonyl (C=O) groups excluding carboxylic acids is 1. The average Bonchev–Trinajstić information content (AvgIpc) is 2.47. The van der Waals surface area contributed by atoms with E-state index >= 15 is 0 Å². The van der Waals surface area contributed by atoms with Crippen LogP contribution in [0, 0.1) is 0 Å². The molecule has 0 radical (unpaired) electrons. The van der Waals surface area contributed by atoms with Gasteiger partial charge in [0, 0.05) is 30.7 Å². The highest BCUT2D eigenvalue weighted by molar-refractivity contribution is 6.30. The van der Waals surface area contributed by atoms with Gasteiger partial charge in [-0.15, -0.1) is 0 Å². The Hall–Kier alpha value is -1.30. The van der Waals surface area contributed by atoms with Crippen LogP contribution in [-0.2, 0) is 0 Å². The molecule has 5 nitrogen and oxygen atoms in total. The predicted molar refractivity (Wildman–Crippen MR) is 84.0 cm³/mol. The van der Waals surface area contributed by atoms with Crippen molar-refractivity contribution < 1.29 is 9.53 Å². The molecule has 1 atom stereocenters. The van der Waals surface area contributed by atoms with Crippen molar-refractivity contribution in [2.75, 3.05) is 32.8 Å². The maximum absolute atomic E-state index is 12.7. The number of nitrogens with one attached hydrogen (secondary N) is 1. The van der Waals surface area contributed by atoms with E-state index in [0.29, 0.717) is 48.6 Å². The molecule has 0 aliphatic carbocycles. The molecule has 0 unspecified atom stereocenters. The summed E-state index contributed by atoms with van der Waals surface area (Å²) < 4.78 is 5.67. The van der Waals surface area contributed by atoms with E-state index in [-0.39, 0.29) is 5.91 Å². The van der Waals surface area contributed by atoms with Crippen molar-refractivity contribution in [2.24, 2.45) is 5.73 Å². The molecule has 1 aliphatic heterocycles. The lowest BCUT2D eigenvalue weighted by Crippen LogP contribution is -2.51. The lowest BCUT2D eigenvalue weighted by atomic mass is 10.1. The van der Waals surface area contributed by atoms with Crippen molar-refractivity contribution in [2.45, 2.75) is 19.4 Å². The lowest BCUT2D eigenvalue weighted by Gasteiger charge is -2.32. The minimum absolute atomic E-state index is 0.0113. The Morgan fingerprint density at radius 1 is 1.57 bits per heavy atom. The van der Waals surface area contributed by atoms with Crippen LogP contribution in [0.4, 0.5) is 0 Å². The van der Waals surface area contributed by atoms with Gasteiger partial charge in [0.2, 0.25) is 0 Å².